The molecule has 0 aliphatic rings. The third-order valence-corrected chi connectivity index (χ3v) is 4.80. The lowest BCUT2D eigenvalue weighted by Gasteiger charge is -2.05. The van der Waals surface area contributed by atoms with E-state index in [9.17, 15) is 4.79 Å². The third kappa shape index (κ3) is 3.09. The summed E-state index contributed by atoms with van der Waals surface area (Å²) in [5.41, 5.74) is 4.12. The van der Waals surface area contributed by atoms with Crippen molar-refractivity contribution in [1.82, 2.24) is 4.98 Å². The van der Waals surface area contributed by atoms with Gasteiger partial charge in [0.1, 0.15) is 0 Å². The monoisotopic (exact) mass is 332 g/mol. The molecule has 2 aromatic carbocycles. The maximum Gasteiger partial charge on any atom is 0.229 e. The van der Waals surface area contributed by atoms with Gasteiger partial charge in [-0.2, -0.15) is 0 Å². The Morgan fingerprint density at radius 1 is 1.00 bits per heavy atom. The van der Waals surface area contributed by atoms with Crippen LogP contribution in [0.4, 0.5) is 5.69 Å². The minimum atomic E-state index is 0.0100. The molecule has 0 aliphatic heterocycles. The number of fused-ring (bicyclic) bond motifs is 1. The Morgan fingerprint density at radius 3 is 2.58 bits per heavy atom. The van der Waals surface area contributed by atoms with Gasteiger partial charge in [0.05, 0.1) is 6.42 Å². The molecule has 118 valence electrons. The molecule has 4 heteroatoms. The first-order chi connectivity index (χ1) is 11.8. The van der Waals surface area contributed by atoms with Gasteiger partial charge < -0.3 is 10.3 Å². The quantitative estimate of drug-likeness (QED) is 0.538. The van der Waals surface area contributed by atoms with E-state index in [2.05, 4.69) is 28.5 Å². The maximum atomic E-state index is 12.0. The molecule has 0 aliphatic carbocycles. The Labute approximate surface area is 144 Å². The first kappa shape index (κ1) is 14.7. The summed E-state index contributed by atoms with van der Waals surface area (Å²) < 4.78 is 0. The van der Waals surface area contributed by atoms with Crippen LogP contribution in [0.3, 0.4) is 0 Å². The molecule has 0 radical (unpaired) electrons. The number of carbonyl (C=O) groups is 1. The average Bonchev–Trinajstić information content (AvgIpc) is 3.24. The fraction of sp³-hybridized carbons (Fsp3) is 0.0500. The van der Waals surface area contributed by atoms with Crippen LogP contribution in [0.5, 0.6) is 0 Å². The Morgan fingerprint density at radius 2 is 1.83 bits per heavy atom. The minimum Gasteiger partial charge on any atom is -0.355 e. The van der Waals surface area contributed by atoms with Crippen molar-refractivity contribution in [3.63, 3.8) is 0 Å². The zero-order valence-corrected chi connectivity index (χ0v) is 13.8. The molecule has 0 spiro atoms. The van der Waals surface area contributed by atoms with Gasteiger partial charge in [-0.25, -0.2) is 0 Å². The number of H-pyrrole nitrogens is 1. The maximum absolute atomic E-state index is 12.0. The van der Waals surface area contributed by atoms with Crippen LogP contribution < -0.4 is 5.32 Å². The lowest BCUT2D eigenvalue weighted by Crippen LogP contribution is -2.13. The zero-order valence-electron chi connectivity index (χ0n) is 13.0. The number of carbonyl (C=O) groups excluding carboxylic acids is 1. The molecular formula is C20H16N2OS. The van der Waals surface area contributed by atoms with Crippen molar-refractivity contribution < 1.29 is 4.79 Å². The van der Waals surface area contributed by atoms with E-state index < -0.39 is 0 Å². The number of hydrogen-bond acceptors (Lipinski definition) is 2. The summed E-state index contributed by atoms with van der Waals surface area (Å²) in [7, 11) is 0. The number of para-hydroxylation sites is 1. The molecular weight excluding hydrogens is 316 g/mol. The summed E-state index contributed by atoms with van der Waals surface area (Å²) in [6, 6.07) is 22.2. The van der Waals surface area contributed by atoms with Crippen LogP contribution in [-0.4, -0.2) is 10.9 Å². The molecule has 0 fully saturated rings. The summed E-state index contributed by atoms with van der Waals surface area (Å²) in [5, 5.41) is 6.12. The number of hydrogen-bond donors (Lipinski definition) is 2. The van der Waals surface area contributed by atoms with Crippen LogP contribution in [0.2, 0.25) is 0 Å². The van der Waals surface area contributed by atoms with Gasteiger partial charge in [0, 0.05) is 27.2 Å². The van der Waals surface area contributed by atoms with Crippen molar-refractivity contribution in [3.8, 4) is 11.3 Å². The number of rotatable bonds is 4. The Kier molecular flexibility index (Phi) is 3.89. The fourth-order valence-corrected chi connectivity index (χ4v) is 3.44. The molecule has 3 nitrogen and oxygen atoms in total. The predicted octanol–water partition coefficient (Wildman–Crippen LogP) is 5.08. The van der Waals surface area contributed by atoms with Crippen LogP contribution in [0.15, 0.2) is 72.1 Å². The molecule has 0 saturated heterocycles. The van der Waals surface area contributed by atoms with Gasteiger partial charge in [0.15, 0.2) is 0 Å². The average molecular weight is 332 g/mol. The topological polar surface area (TPSA) is 44.9 Å². The second-order valence-corrected chi connectivity index (χ2v) is 6.68. The first-order valence-electron chi connectivity index (χ1n) is 7.78. The van der Waals surface area contributed by atoms with Crippen molar-refractivity contribution in [3.05, 3.63) is 77.0 Å². The van der Waals surface area contributed by atoms with Crippen molar-refractivity contribution in [1.29, 1.82) is 0 Å². The number of anilines is 1. The van der Waals surface area contributed by atoms with E-state index in [1.165, 1.54) is 5.39 Å². The van der Waals surface area contributed by atoms with Gasteiger partial charge in [-0.15, -0.1) is 11.3 Å². The predicted molar refractivity (Wildman–Crippen MR) is 100 cm³/mol. The molecule has 24 heavy (non-hydrogen) atoms. The van der Waals surface area contributed by atoms with Gasteiger partial charge >= 0.3 is 0 Å². The van der Waals surface area contributed by atoms with E-state index in [0.717, 1.165) is 27.3 Å². The van der Waals surface area contributed by atoms with Crippen molar-refractivity contribution >= 4 is 33.8 Å². The molecule has 2 heterocycles. The normalized spacial score (nSPS) is 10.8. The SMILES string of the molecule is O=C(Cc1cccs1)Nc1ccc(-c2cc3ccccc3[nH]2)cc1. The minimum absolute atomic E-state index is 0.0100. The molecule has 0 atom stereocenters. The van der Waals surface area contributed by atoms with Crippen LogP contribution in [0.25, 0.3) is 22.2 Å². The summed E-state index contributed by atoms with van der Waals surface area (Å²) in [5.74, 6) is 0.0100. The largest absolute Gasteiger partial charge is 0.355 e. The fourth-order valence-electron chi connectivity index (χ4n) is 2.74. The van der Waals surface area contributed by atoms with E-state index in [1.54, 1.807) is 11.3 Å². The highest BCUT2D eigenvalue weighted by atomic mass is 32.1. The van der Waals surface area contributed by atoms with Crippen molar-refractivity contribution in [2.75, 3.05) is 5.32 Å². The Bertz CT molecular complexity index is 935. The summed E-state index contributed by atoms with van der Waals surface area (Å²) >= 11 is 1.60. The second-order valence-electron chi connectivity index (χ2n) is 5.65. The van der Waals surface area contributed by atoms with E-state index >= 15 is 0 Å². The molecule has 0 saturated carbocycles. The van der Waals surface area contributed by atoms with Gasteiger partial charge in [0.2, 0.25) is 5.91 Å². The summed E-state index contributed by atoms with van der Waals surface area (Å²) in [4.78, 5) is 16.5. The summed E-state index contributed by atoms with van der Waals surface area (Å²) in [6.07, 6.45) is 0.418. The summed E-state index contributed by atoms with van der Waals surface area (Å²) in [6.45, 7) is 0. The molecule has 0 unspecified atom stereocenters. The highest BCUT2D eigenvalue weighted by Crippen LogP contribution is 2.25. The van der Waals surface area contributed by atoms with Crippen LogP contribution in [0.1, 0.15) is 4.88 Å². The molecule has 2 aromatic heterocycles. The second kappa shape index (κ2) is 6.34. The molecule has 4 aromatic rings. The standard InChI is InChI=1S/C20H16N2OS/c23-20(13-17-5-3-11-24-17)21-16-9-7-14(8-10-16)19-12-15-4-1-2-6-18(15)22-19/h1-12,22H,13H2,(H,21,23). The van der Waals surface area contributed by atoms with Gasteiger partial charge in [0.25, 0.3) is 0 Å². The van der Waals surface area contributed by atoms with Crippen LogP contribution >= 0.6 is 11.3 Å². The van der Waals surface area contributed by atoms with Crippen LogP contribution in [-0.2, 0) is 11.2 Å². The lowest BCUT2D eigenvalue weighted by atomic mass is 10.1. The number of benzene rings is 2. The first-order valence-corrected chi connectivity index (χ1v) is 8.66. The van der Waals surface area contributed by atoms with Crippen molar-refractivity contribution in [2.45, 2.75) is 6.42 Å². The highest BCUT2D eigenvalue weighted by molar-refractivity contribution is 7.10. The van der Waals surface area contributed by atoms with E-state index in [0.29, 0.717) is 6.42 Å². The Balaban J connectivity index is 1.49. The van der Waals surface area contributed by atoms with Crippen molar-refractivity contribution in [2.24, 2.45) is 0 Å². The number of amides is 1. The lowest BCUT2D eigenvalue weighted by molar-refractivity contribution is -0.115. The van der Waals surface area contributed by atoms with E-state index in [-0.39, 0.29) is 5.91 Å². The molecule has 1 amide bonds. The number of aromatic amines is 1. The smallest absolute Gasteiger partial charge is 0.229 e. The van der Waals surface area contributed by atoms with Crippen LogP contribution in [0, 0.1) is 0 Å². The third-order valence-electron chi connectivity index (χ3n) is 3.92. The molecule has 2 N–H and O–H groups in total. The molecule has 0 bridgehead atoms. The van der Waals surface area contributed by atoms with Gasteiger partial charge in [-0.3, -0.25) is 4.79 Å². The van der Waals surface area contributed by atoms with E-state index in [1.807, 2.05) is 53.9 Å². The Hall–Kier alpha value is -2.85. The number of nitrogens with one attached hydrogen (secondary N) is 2. The zero-order chi connectivity index (χ0) is 16.4. The highest BCUT2D eigenvalue weighted by Gasteiger charge is 2.06. The van der Waals surface area contributed by atoms with Gasteiger partial charge in [-0.1, -0.05) is 36.4 Å². The van der Waals surface area contributed by atoms with E-state index in [4.69, 9.17) is 0 Å². The van der Waals surface area contributed by atoms with Gasteiger partial charge in [-0.05, 0) is 41.3 Å². The number of aromatic nitrogens is 1. The molecule has 4 rings (SSSR count). The number of thiophene rings is 1.